The Balaban J connectivity index is 1.69. The first-order valence-electron chi connectivity index (χ1n) is 12.6. The van der Waals surface area contributed by atoms with Gasteiger partial charge >= 0.3 is 0 Å². The van der Waals surface area contributed by atoms with Crippen LogP contribution < -0.4 is 26.0 Å². The molecule has 1 heterocycles. The summed E-state index contributed by atoms with van der Waals surface area (Å²) in [5, 5.41) is 12.2. The Bertz CT molecular complexity index is 1330. The first-order chi connectivity index (χ1) is 19.8. The smallest absolute Gasteiger partial charge is 0.247 e. The molecule has 218 valence electrons. The zero-order chi connectivity index (χ0) is 29.6. The lowest BCUT2D eigenvalue weighted by Crippen LogP contribution is -2.37. The van der Waals surface area contributed by atoms with Gasteiger partial charge in [-0.2, -0.15) is 4.98 Å². The van der Waals surface area contributed by atoms with Crippen LogP contribution in [0.25, 0.3) is 0 Å². The summed E-state index contributed by atoms with van der Waals surface area (Å²) in [6.07, 6.45) is 2.66. The lowest BCUT2D eigenvalue weighted by atomic mass is 10.2. The SMILES string of the molecule is C=CC(=O)Nc1cccc(Nc2nc(Nc3ccc(NC(=O)CN(CCOC)CCOC)c(OC)c3)ncc2Cl)c1. The Morgan fingerprint density at radius 1 is 0.976 bits per heavy atom. The zero-order valence-corrected chi connectivity index (χ0v) is 24.0. The number of hydrogen-bond donors (Lipinski definition) is 4. The van der Waals surface area contributed by atoms with Crippen molar-refractivity contribution in [2.45, 2.75) is 0 Å². The fourth-order valence-corrected chi connectivity index (χ4v) is 3.76. The summed E-state index contributed by atoms with van der Waals surface area (Å²) in [6, 6.07) is 12.3. The Labute approximate surface area is 244 Å². The zero-order valence-electron chi connectivity index (χ0n) is 23.2. The monoisotopic (exact) mass is 583 g/mol. The van der Waals surface area contributed by atoms with Crippen molar-refractivity contribution in [3.8, 4) is 5.75 Å². The molecule has 0 aliphatic heterocycles. The van der Waals surface area contributed by atoms with E-state index >= 15 is 0 Å². The largest absolute Gasteiger partial charge is 0.494 e. The molecule has 1 aromatic heterocycles. The van der Waals surface area contributed by atoms with Crippen LogP contribution in [-0.2, 0) is 19.1 Å². The number of nitrogens with one attached hydrogen (secondary N) is 4. The van der Waals surface area contributed by atoms with Gasteiger partial charge in [-0.1, -0.05) is 24.2 Å². The van der Waals surface area contributed by atoms with Crippen LogP contribution in [-0.4, -0.2) is 80.9 Å². The number of ether oxygens (including phenoxy) is 3. The second-order valence-electron chi connectivity index (χ2n) is 8.64. The fraction of sp³-hybridized carbons (Fsp3) is 0.286. The number of halogens is 1. The number of carbonyl (C=O) groups excluding carboxylic acids is 2. The second kappa shape index (κ2) is 16.1. The van der Waals surface area contributed by atoms with Gasteiger partial charge in [0.15, 0.2) is 5.82 Å². The molecule has 0 aliphatic rings. The Kier molecular flexibility index (Phi) is 12.3. The molecule has 2 amide bonds. The van der Waals surface area contributed by atoms with Crippen molar-refractivity contribution < 1.29 is 23.8 Å². The maximum absolute atomic E-state index is 12.7. The van der Waals surface area contributed by atoms with E-state index in [2.05, 4.69) is 37.8 Å². The predicted molar refractivity (Wildman–Crippen MR) is 161 cm³/mol. The highest BCUT2D eigenvalue weighted by Gasteiger charge is 2.14. The predicted octanol–water partition coefficient (Wildman–Crippen LogP) is 4.28. The number of benzene rings is 2. The molecule has 0 aliphatic carbocycles. The summed E-state index contributed by atoms with van der Waals surface area (Å²) in [6.45, 7) is 5.84. The van der Waals surface area contributed by atoms with Gasteiger partial charge in [0.1, 0.15) is 10.8 Å². The van der Waals surface area contributed by atoms with Crippen molar-refractivity contribution in [1.29, 1.82) is 0 Å². The van der Waals surface area contributed by atoms with E-state index in [1.165, 1.54) is 19.4 Å². The number of anilines is 6. The van der Waals surface area contributed by atoms with Crippen molar-refractivity contribution in [2.75, 3.05) is 75.4 Å². The van der Waals surface area contributed by atoms with Gasteiger partial charge in [0, 0.05) is 50.4 Å². The molecule has 3 aromatic rings. The summed E-state index contributed by atoms with van der Waals surface area (Å²) in [5.74, 6) is 0.578. The van der Waals surface area contributed by atoms with E-state index in [0.29, 0.717) is 65.6 Å². The average molecular weight is 584 g/mol. The third-order valence-electron chi connectivity index (χ3n) is 5.64. The van der Waals surface area contributed by atoms with Gasteiger partial charge in [0.2, 0.25) is 17.8 Å². The van der Waals surface area contributed by atoms with Gasteiger partial charge in [-0.05, 0) is 36.4 Å². The third-order valence-corrected chi connectivity index (χ3v) is 5.92. The molecule has 0 bridgehead atoms. The van der Waals surface area contributed by atoms with Crippen LogP contribution in [0.15, 0.2) is 61.3 Å². The lowest BCUT2D eigenvalue weighted by Gasteiger charge is -2.21. The molecule has 0 atom stereocenters. The molecule has 0 fully saturated rings. The molecule has 0 unspecified atom stereocenters. The van der Waals surface area contributed by atoms with Gasteiger partial charge in [0.05, 0.1) is 38.8 Å². The third kappa shape index (κ3) is 10.0. The number of nitrogens with zero attached hydrogens (tertiary/aromatic N) is 3. The number of hydrogen-bond acceptors (Lipinski definition) is 10. The van der Waals surface area contributed by atoms with E-state index < -0.39 is 0 Å². The summed E-state index contributed by atoms with van der Waals surface area (Å²) in [7, 11) is 4.76. The van der Waals surface area contributed by atoms with E-state index in [-0.39, 0.29) is 24.3 Å². The highest BCUT2D eigenvalue weighted by molar-refractivity contribution is 6.32. The molecule has 0 saturated heterocycles. The molecular formula is C28H34ClN7O5. The lowest BCUT2D eigenvalue weighted by molar-refractivity contribution is -0.117. The normalized spacial score (nSPS) is 10.7. The highest BCUT2D eigenvalue weighted by atomic mass is 35.5. The highest BCUT2D eigenvalue weighted by Crippen LogP contribution is 2.30. The van der Waals surface area contributed by atoms with Crippen LogP contribution in [0.1, 0.15) is 0 Å². The summed E-state index contributed by atoms with van der Waals surface area (Å²) in [4.78, 5) is 35.0. The van der Waals surface area contributed by atoms with Gasteiger partial charge in [-0.3, -0.25) is 14.5 Å². The van der Waals surface area contributed by atoms with Crippen molar-refractivity contribution in [2.24, 2.45) is 0 Å². The van der Waals surface area contributed by atoms with Crippen LogP contribution in [0, 0.1) is 0 Å². The topological polar surface area (TPSA) is 139 Å². The van der Waals surface area contributed by atoms with Crippen molar-refractivity contribution >= 4 is 57.9 Å². The van der Waals surface area contributed by atoms with E-state index in [4.69, 9.17) is 25.8 Å². The molecule has 4 N–H and O–H groups in total. The van der Waals surface area contributed by atoms with Crippen LogP contribution in [0.2, 0.25) is 5.02 Å². The Hall–Kier alpha value is -4.23. The molecule has 2 aromatic carbocycles. The van der Waals surface area contributed by atoms with Gasteiger partial charge in [-0.25, -0.2) is 4.98 Å². The van der Waals surface area contributed by atoms with E-state index in [0.717, 1.165) is 0 Å². The average Bonchev–Trinajstić information content (AvgIpc) is 2.97. The molecule has 0 spiro atoms. The van der Waals surface area contributed by atoms with Crippen molar-refractivity contribution in [1.82, 2.24) is 14.9 Å². The number of methoxy groups -OCH3 is 3. The van der Waals surface area contributed by atoms with Crippen LogP contribution in [0.5, 0.6) is 5.75 Å². The summed E-state index contributed by atoms with van der Waals surface area (Å²) < 4.78 is 15.8. The fourth-order valence-electron chi connectivity index (χ4n) is 3.62. The number of aromatic nitrogens is 2. The van der Waals surface area contributed by atoms with Crippen LogP contribution in [0.3, 0.4) is 0 Å². The van der Waals surface area contributed by atoms with Gasteiger partial charge in [-0.15, -0.1) is 0 Å². The van der Waals surface area contributed by atoms with Crippen LogP contribution >= 0.6 is 11.6 Å². The quantitative estimate of drug-likeness (QED) is 0.181. The first-order valence-corrected chi connectivity index (χ1v) is 13.0. The maximum atomic E-state index is 12.7. The molecule has 13 heteroatoms. The van der Waals surface area contributed by atoms with Gasteiger partial charge < -0.3 is 35.5 Å². The standard InChI is InChI=1S/C28H34ClN7O5/c1-5-25(37)31-19-7-6-8-20(15-19)32-27-22(29)17-30-28(35-27)33-21-9-10-23(24(16-21)41-4)34-26(38)18-36(11-13-39-2)12-14-40-3/h5-10,15-17H,1,11-14,18H2,2-4H3,(H,31,37)(H,34,38)(H2,30,32,33,35). The number of rotatable bonds is 16. The summed E-state index contributed by atoms with van der Waals surface area (Å²) in [5.41, 5.74) is 2.39. The van der Waals surface area contributed by atoms with E-state index in [1.54, 1.807) is 56.7 Å². The molecule has 41 heavy (non-hydrogen) atoms. The molecule has 0 saturated carbocycles. The molecule has 3 rings (SSSR count). The molecular weight excluding hydrogens is 550 g/mol. The summed E-state index contributed by atoms with van der Waals surface area (Å²) >= 11 is 6.33. The minimum Gasteiger partial charge on any atom is -0.494 e. The Morgan fingerprint density at radius 2 is 1.68 bits per heavy atom. The van der Waals surface area contributed by atoms with E-state index in [1.807, 2.05) is 4.90 Å². The minimum absolute atomic E-state index is 0.174. The van der Waals surface area contributed by atoms with Crippen molar-refractivity contribution in [3.63, 3.8) is 0 Å². The van der Waals surface area contributed by atoms with E-state index in [9.17, 15) is 9.59 Å². The van der Waals surface area contributed by atoms with Crippen LogP contribution in [0.4, 0.5) is 34.5 Å². The van der Waals surface area contributed by atoms with Gasteiger partial charge in [0.25, 0.3) is 0 Å². The van der Waals surface area contributed by atoms with Crippen molar-refractivity contribution in [3.05, 3.63) is 66.3 Å². The second-order valence-corrected chi connectivity index (χ2v) is 9.05. The number of amides is 2. The Morgan fingerprint density at radius 3 is 2.37 bits per heavy atom. The minimum atomic E-state index is -0.319. The number of carbonyl (C=O) groups is 2. The molecule has 0 radical (unpaired) electrons. The molecule has 12 nitrogen and oxygen atoms in total. The first kappa shape index (κ1) is 31.3. The maximum Gasteiger partial charge on any atom is 0.247 e.